The van der Waals surface area contributed by atoms with Crippen LogP contribution in [-0.4, -0.2) is 71.5 Å². The summed E-state index contributed by atoms with van der Waals surface area (Å²) in [4.78, 5) is 11.6. The molecular weight excluding hydrogens is 378 g/mol. The molecule has 0 spiro atoms. The molecule has 0 bridgehead atoms. The number of nitrogens with one attached hydrogen (secondary N) is 3. The number of piperidine rings is 1. The van der Waals surface area contributed by atoms with Gasteiger partial charge in [-0.25, -0.2) is 9.98 Å². The summed E-state index contributed by atoms with van der Waals surface area (Å²) in [7, 11) is 0. The highest BCUT2D eigenvalue weighted by molar-refractivity contribution is 5.80. The van der Waals surface area contributed by atoms with Gasteiger partial charge in [0.05, 0.1) is 13.2 Å². The summed E-state index contributed by atoms with van der Waals surface area (Å²) in [5.41, 5.74) is 2.17. The van der Waals surface area contributed by atoms with E-state index in [-0.39, 0.29) is 0 Å². The summed E-state index contributed by atoms with van der Waals surface area (Å²) < 4.78 is 5.52. The molecule has 8 nitrogen and oxygen atoms in total. The van der Waals surface area contributed by atoms with Gasteiger partial charge in [-0.3, -0.25) is 5.10 Å². The average Bonchev–Trinajstić information content (AvgIpc) is 3.48. The summed E-state index contributed by atoms with van der Waals surface area (Å²) >= 11 is 0. The molecule has 3 N–H and O–H groups in total. The van der Waals surface area contributed by atoms with Gasteiger partial charge in [-0.2, -0.15) is 5.10 Å². The largest absolute Gasteiger partial charge is 0.381 e. The van der Waals surface area contributed by atoms with Crippen molar-refractivity contribution >= 4 is 5.96 Å². The Balaban J connectivity index is 1.29. The predicted octanol–water partition coefficient (Wildman–Crippen LogP) is 2.03. The molecule has 2 saturated heterocycles. The number of likely N-dealkylation sites (tertiary alicyclic amines) is 1. The van der Waals surface area contributed by atoms with Crippen molar-refractivity contribution in [1.82, 2.24) is 30.7 Å². The van der Waals surface area contributed by atoms with E-state index in [0.29, 0.717) is 12.6 Å². The van der Waals surface area contributed by atoms with Crippen LogP contribution in [0.25, 0.3) is 11.4 Å². The third kappa shape index (κ3) is 5.79. The third-order valence-corrected chi connectivity index (χ3v) is 5.85. The van der Waals surface area contributed by atoms with Gasteiger partial charge in [0, 0.05) is 44.4 Å². The van der Waals surface area contributed by atoms with Crippen molar-refractivity contribution in [3.8, 4) is 11.4 Å². The first kappa shape index (κ1) is 20.8. The number of hydrogen-bond donors (Lipinski definition) is 3. The van der Waals surface area contributed by atoms with Gasteiger partial charge in [0.2, 0.25) is 0 Å². The van der Waals surface area contributed by atoms with Crippen LogP contribution in [0.3, 0.4) is 0 Å². The maximum absolute atomic E-state index is 5.52. The van der Waals surface area contributed by atoms with Crippen LogP contribution in [0.2, 0.25) is 0 Å². The highest BCUT2D eigenvalue weighted by Gasteiger charge is 2.24. The number of aromatic nitrogens is 3. The van der Waals surface area contributed by atoms with Gasteiger partial charge >= 0.3 is 0 Å². The molecule has 30 heavy (non-hydrogen) atoms. The third-order valence-electron chi connectivity index (χ3n) is 5.85. The van der Waals surface area contributed by atoms with E-state index in [1.807, 2.05) is 12.1 Å². The Labute approximate surface area is 178 Å². The molecule has 2 aromatic rings. The molecule has 0 amide bonds. The molecule has 162 valence electrons. The number of rotatable bonds is 7. The second-order valence-electron chi connectivity index (χ2n) is 8.18. The summed E-state index contributed by atoms with van der Waals surface area (Å²) in [6.45, 7) is 8.93. The quantitative estimate of drug-likeness (QED) is 0.477. The number of nitrogens with zero attached hydrogens (tertiary/aromatic N) is 4. The highest BCUT2D eigenvalue weighted by atomic mass is 16.5. The molecule has 3 heterocycles. The summed E-state index contributed by atoms with van der Waals surface area (Å²) in [6, 6.07) is 8.74. The molecule has 1 atom stereocenters. The summed E-state index contributed by atoms with van der Waals surface area (Å²) in [5.74, 6) is 2.40. The Morgan fingerprint density at radius 3 is 2.93 bits per heavy atom. The van der Waals surface area contributed by atoms with Crippen molar-refractivity contribution in [1.29, 1.82) is 0 Å². The number of guanidine groups is 1. The first-order chi connectivity index (χ1) is 14.8. The van der Waals surface area contributed by atoms with Crippen LogP contribution in [0, 0.1) is 5.92 Å². The molecule has 2 aliphatic rings. The fraction of sp³-hybridized carbons (Fsp3) is 0.591. The molecule has 1 unspecified atom stereocenters. The van der Waals surface area contributed by atoms with E-state index in [1.54, 1.807) is 0 Å². The average molecular weight is 412 g/mol. The number of aliphatic imine (C=N–C) groups is 1. The molecule has 1 aromatic carbocycles. The van der Waals surface area contributed by atoms with E-state index in [2.05, 4.69) is 49.8 Å². The molecule has 2 fully saturated rings. The van der Waals surface area contributed by atoms with E-state index in [1.165, 1.54) is 19.3 Å². The first-order valence-corrected chi connectivity index (χ1v) is 11.1. The maximum Gasteiger partial charge on any atom is 0.191 e. The molecule has 2 aliphatic heterocycles. The van der Waals surface area contributed by atoms with Gasteiger partial charge in [0.1, 0.15) is 6.33 Å². The molecule has 0 aliphatic carbocycles. The van der Waals surface area contributed by atoms with Gasteiger partial charge in [0.15, 0.2) is 11.8 Å². The standard InChI is InChI=1S/C22H33N7O/c1-2-23-22(24-13-17-4-3-5-19(12-17)21-25-16-26-28-21)27-20-6-9-29(10-7-20)14-18-8-11-30-15-18/h3-5,12,16,18,20H,2,6-11,13-15H2,1H3,(H2,23,24,27)(H,25,26,28). The van der Waals surface area contributed by atoms with Crippen LogP contribution in [0.15, 0.2) is 35.6 Å². The van der Waals surface area contributed by atoms with Gasteiger partial charge in [-0.05, 0) is 43.7 Å². The second kappa shape index (κ2) is 10.5. The van der Waals surface area contributed by atoms with E-state index < -0.39 is 0 Å². The van der Waals surface area contributed by atoms with Crippen LogP contribution in [0.1, 0.15) is 31.7 Å². The molecule has 0 saturated carbocycles. The minimum atomic E-state index is 0.472. The molecule has 8 heteroatoms. The normalized spacial score (nSPS) is 21.1. The van der Waals surface area contributed by atoms with Gasteiger partial charge < -0.3 is 20.3 Å². The van der Waals surface area contributed by atoms with Crippen LogP contribution in [0.4, 0.5) is 0 Å². The van der Waals surface area contributed by atoms with Crippen LogP contribution < -0.4 is 10.6 Å². The minimum Gasteiger partial charge on any atom is -0.381 e. The number of aromatic amines is 1. The zero-order chi connectivity index (χ0) is 20.6. The molecule has 4 rings (SSSR count). The zero-order valence-corrected chi connectivity index (χ0v) is 17.8. The smallest absolute Gasteiger partial charge is 0.191 e. The Bertz CT molecular complexity index is 794. The summed E-state index contributed by atoms with van der Waals surface area (Å²) in [5, 5.41) is 13.9. The number of ether oxygens (including phenoxy) is 1. The molecule has 1 aromatic heterocycles. The Morgan fingerprint density at radius 1 is 1.30 bits per heavy atom. The number of benzene rings is 1. The first-order valence-electron chi connectivity index (χ1n) is 11.1. The fourth-order valence-corrected chi connectivity index (χ4v) is 4.20. The van der Waals surface area contributed by atoms with E-state index >= 15 is 0 Å². The van der Waals surface area contributed by atoms with Crippen molar-refractivity contribution in [2.24, 2.45) is 10.9 Å². The lowest BCUT2D eigenvalue weighted by atomic mass is 10.0. The van der Waals surface area contributed by atoms with Gasteiger partial charge in [-0.15, -0.1) is 0 Å². The zero-order valence-electron chi connectivity index (χ0n) is 17.8. The topological polar surface area (TPSA) is 90.5 Å². The van der Waals surface area contributed by atoms with E-state index in [9.17, 15) is 0 Å². The monoisotopic (exact) mass is 411 g/mol. The lowest BCUT2D eigenvalue weighted by Gasteiger charge is -2.34. The van der Waals surface area contributed by atoms with Crippen molar-refractivity contribution < 1.29 is 4.74 Å². The minimum absolute atomic E-state index is 0.472. The SMILES string of the molecule is CCNC(=NCc1cccc(-c2ncn[nH]2)c1)NC1CCN(CC2CCOC2)CC1. The fourth-order valence-electron chi connectivity index (χ4n) is 4.20. The maximum atomic E-state index is 5.52. The Kier molecular flexibility index (Phi) is 7.31. The molecular formula is C22H33N7O. The van der Waals surface area contributed by atoms with Crippen LogP contribution in [0.5, 0.6) is 0 Å². The lowest BCUT2D eigenvalue weighted by Crippen LogP contribution is -2.49. The van der Waals surface area contributed by atoms with Gasteiger partial charge in [-0.1, -0.05) is 18.2 Å². The second-order valence-corrected chi connectivity index (χ2v) is 8.18. The van der Waals surface area contributed by atoms with Crippen molar-refractivity contribution in [3.63, 3.8) is 0 Å². The highest BCUT2D eigenvalue weighted by Crippen LogP contribution is 2.18. The van der Waals surface area contributed by atoms with Crippen LogP contribution >= 0.6 is 0 Å². The van der Waals surface area contributed by atoms with E-state index in [4.69, 9.17) is 9.73 Å². The van der Waals surface area contributed by atoms with Gasteiger partial charge in [0.25, 0.3) is 0 Å². The Hall–Kier alpha value is -2.45. The molecule has 0 radical (unpaired) electrons. The number of H-pyrrole nitrogens is 1. The van der Waals surface area contributed by atoms with Crippen molar-refractivity contribution in [2.75, 3.05) is 39.4 Å². The van der Waals surface area contributed by atoms with E-state index in [0.717, 1.165) is 74.5 Å². The van der Waals surface area contributed by atoms with Crippen molar-refractivity contribution in [3.05, 3.63) is 36.2 Å². The summed E-state index contributed by atoms with van der Waals surface area (Å²) in [6.07, 6.45) is 5.05. The van der Waals surface area contributed by atoms with Crippen LogP contribution in [-0.2, 0) is 11.3 Å². The Morgan fingerprint density at radius 2 is 2.20 bits per heavy atom. The lowest BCUT2D eigenvalue weighted by molar-refractivity contribution is 0.150. The predicted molar refractivity (Wildman–Crippen MR) is 118 cm³/mol. The van der Waals surface area contributed by atoms with Crippen molar-refractivity contribution in [2.45, 2.75) is 38.8 Å². The number of hydrogen-bond acceptors (Lipinski definition) is 5.